The van der Waals surface area contributed by atoms with Crippen molar-refractivity contribution in [2.75, 3.05) is 36.9 Å². The van der Waals surface area contributed by atoms with Crippen LogP contribution in [0.2, 0.25) is 0 Å². The molecule has 0 aliphatic heterocycles. The Morgan fingerprint density at radius 3 is 1.37 bits per heavy atom. The van der Waals surface area contributed by atoms with Gasteiger partial charge in [0.25, 0.3) is 0 Å². The van der Waals surface area contributed by atoms with Crippen LogP contribution in [0.1, 0.15) is 26.7 Å². The molecule has 0 amide bonds. The van der Waals surface area contributed by atoms with E-state index in [0.717, 1.165) is 68.8 Å². The molecule has 8 nitrogen and oxygen atoms in total. The van der Waals surface area contributed by atoms with Gasteiger partial charge in [-0.05, 0) is 48.2 Å². The van der Waals surface area contributed by atoms with Crippen molar-refractivity contribution in [3.63, 3.8) is 0 Å². The summed E-state index contributed by atoms with van der Waals surface area (Å²) < 4.78 is 14.2. The lowest BCUT2D eigenvalue weighted by atomic mass is 10.1. The second kappa shape index (κ2) is 14.1. The third-order valence-corrected chi connectivity index (χ3v) is 6.59. The van der Waals surface area contributed by atoms with Gasteiger partial charge in [0.2, 0.25) is 11.8 Å². The number of hydrogen-bond acceptors (Lipinski definition) is 8. The van der Waals surface area contributed by atoms with E-state index < -0.39 is 0 Å². The second-order valence-electron chi connectivity index (χ2n) is 8.37. The maximum atomic E-state index is 6.13. The van der Waals surface area contributed by atoms with Crippen LogP contribution >= 0.6 is 31.9 Å². The molecule has 0 aliphatic rings. The Morgan fingerprint density at radius 2 is 1.00 bits per heavy atom. The summed E-state index contributed by atoms with van der Waals surface area (Å²) in [5.41, 5.74) is 3.56. The predicted molar refractivity (Wildman–Crippen MR) is 159 cm³/mol. The molecule has 0 atom stereocenters. The van der Waals surface area contributed by atoms with Crippen LogP contribution in [0, 0.1) is 0 Å². The quantitative estimate of drug-likeness (QED) is 0.148. The van der Waals surface area contributed by atoms with Gasteiger partial charge in [-0.2, -0.15) is 0 Å². The summed E-state index contributed by atoms with van der Waals surface area (Å²) in [6, 6.07) is 16.0. The zero-order valence-corrected chi connectivity index (χ0v) is 24.5. The number of ether oxygens (including phenoxy) is 2. The summed E-state index contributed by atoms with van der Waals surface area (Å²) in [7, 11) is 0. The molecule has 2 N–H and O–H groups in total. The van der Waals surface area contributed by atoms with E-state index in [1.165, 1.54) is 12.7 Å². The summed E-state index contributed by atoms with van der Waals surface area (Å²) in [6.45, 7) is 6.36. The van der Waals surface area contributed by atoms with Crippen LogP contribution in [0.3, 0.4) is 0 Å². The molecule has 0 unspecified atom stereocenters. The minimum atomic E-state index is 0.273. The number of benzene rings is 2. The van der Waals surface area contributed by atoms with Gasteiger partial charge in [0.1, 0.15) is 37.5 Å². The third-order valence-electron chi connectivity index (χ3n) is 5.54. The average molecular weight is 642 g/mol. The third kappa shape index (κ3) is 7.20. The largest absolute Gasteiger partial charge is 0.473 e. The molecule has 4 rings (SSSR count). The molecule has 2 aromatic carbocycles. The smallest absolute Gasteiger partial charge is 0.226 e. The Labute approximate surface area is 239 Å². The molecule has 0 radical (unpaired) electrons. The maximum absolute atomic E-state index is 6.13. The van der Waals surface area contributed by atoms with Crippen molar-refractivity contribution >= 4 is 43.5 Å². The molecule has 0 spiro atoms. The number of anilines is 2. The van der Waals surface area contributed by atoms with E-state index in [-0.39, 0.29) is 13.2 Å². The molecule has 38 heavy (non-hydrogen) atoms. The number of hydrogen-bond donors (Lipinski definition) is 2. The van der Waals surface area contributed by atoms with Gasteiger partial charge in [0, 0.05) is 22.0 Å². The summed E-state index contributed by atoms with van der Waals surface area (Å²) >= 11 is 7.01. The van der Waals surface area contributed by atoms with E-state index in [9.17, 15) is 0 Å². The lowest BCUT2D eigenvalue weighted by Crippen LogP contribution is -2.14. The Bertz CT molecular complexity index is 1220. The van der Waals surface area contributed by atoms with Crippen LogP contribution in [0.25, 0.3) is 22.3 Å². The summed E-state index contributed by atoms with van der Waals surface area (Å²) in [4.78, 5) is 17.8. The molecule has 0 saturated carbocycles. The second-order valence-corrected chi connectivity index (χ2v) is 10.2. The molecule has 198 valence electrons. The molecule has 0 saturated heterocycles. The molecular formula is C28H30Br2N6O2. The topological polar surface area (TPSA) is 94.1 Å². The van der Waals surface area contributed by atoms with Crippen molar-refractivity contribution in [1.29, 1.82) is 0 Å². The van der Waals surface area contributed by atoms with E-state index in [1.807, 2.05) is 48.5 Å². The fourth-order valence-corrected chi connectivity index (χ4v) is 4.27. The Hall–Kier alpha value is -3.24. The first kappa shape index (κ1) is 27.8. The normalized spacial score (nSPS) is 10.7. The van der Waals surface area contributed by atoms with Gasteiger partial charge in [-0.3, -0.25) is 0 Å². The highest BCUT2D eigenvalue weighted by molar-refractivity contribution is 9.10. The first-order valence-corrected chi connectivity index (χ1v) is 14.1. The monoisotopic (exact) mass is 640 g/mol. The highest BCUT2D eigenvalue weighted by Crippen LogP contribution is 2.36. The van der Waals surface area contributed by atoms with Crippen molar-refractivity contribution in [3.05, 3.63) is 70.1 Å². The number of nitrogens with one attached hydrogen (secondary N) is 2. The number of rotatable bonds is 13. The first-order chi connectivity index (χ1) is 18.6. The highest BCUT2D eigenvalue weighted by Gasteiger charge is 2.17. The Morgan fingerprint density at radius 1 is 0.605 bits per heavy atom. The van der Waals surface area contributed by atoms with Gasteiger partial charge in [-0.25, -0.2) is 19.9 Å². The molecule has 0 bridgehead atoms. The molecule has 0 fully saturated rings. The van der Waals surface area contributed by atoms with Crippen molar-refractivity contribution in [2.24, 2.45) is 0 Å². The van der Waals surface area contributed by atoms with Crippen molar-refractivity contribution < 1.29 is 9.47 Å². The van der Waals surface area contributed by atoms with Gasteiger partial charge >= 0.3 is 0 Å². The van der Waals surface area contributed by atoms with Gasteiger partial charge in [-0.15, -0.1) is 0 Å². The SMILES string of the molecule is CCCNc1ncnc(OCCOc2ncnc(NCCC)c2-c2ccc(Br)cc2)c1-c1ccc(Br)cc1. The lowest BCUT2D eigenvalue weighted by Gasteiger charge is -2.17. The van der Waals surface area contributed by atoms with Crippen LogP contribution in [-0.4, -0.2) is 46.2 Å². The minimum Gasteiger partial charge on any atom is -0.473 e. The zero-order valence-electron chi connectivity index (χ0n) is 21.4. The van der Waals surface area contributed by atoms with Crippen LogP contribution < -0.4 is 20.1 Å². The van der Waals surface area contributed by atoms with Crippen LogP contribution in [0.15, 0.2) is 70.1 Å². The summed E-state index contributed by atoms with van der Waals surface area (Å²) in [5, 5.41) is 6.77. The van der Waals surface area contributed by atoms with Gasteiger partial charge in [0.05, 0.1) is 11.1 Å². The van der Waals surface area contributed by atoms with E-state index in [1.54, 1.807) is 0 Å². The standard InChI is InChI=1S/C28H30Br2N6O2/c1-3-13-31-25-23(19-5-9-21(29)10-6-19)27(35-17-33-25)37-15-16-38-28-24(20-7-11-22(30)12-8-20)26(32-14-4-2)34-18-36-28/h5-12,17-18H,3-4,13-16H2,1-2H3,(H,31,33,35)(H,32,34,36). The molecule has 4 aromatic rings. The van der Waals surface area contributed by atoms with E-state index >= 15 is 0 Å². The van der Waals surface area contributed by atoms with Gasteiger partial charge in [0.15, 0.2) is 0 Å². The van der Waals surface area contributed by atoms with Gasteiger partial charge in [-0.1, -0.05) is 70.0 Å². The Kier molecular flexibility index (Phi) is 10.3. The number of nitrogens with zero attached hydrogens (tertiary/aromatic N) is 4. The molecule has 2 aromatic heterocycles. The van der Waals surface area contributed by atoms with Crippen molar-refractivity contribution in [1.82, 2.24) is 19.9 Å². The van der Waals surface area contributed by atoms with Crippen molar-refractivity contribution in [2.45, 2.75) is 26.7 Å². The van der Waals surface area contributed by atoms with E-state index in [0.29, 0.717) is 11.8 Å². The summed E-state index contributed by atoms with van der Waals surface area (Å²) in [5.74, 6) is 2.46. The maximum Gasteiger partial charge on any atom is 0.226 e. The molecule has 10 heteroatoms. The fourth-order valence-electron chi connectivity index (χ4n) is 3.74. The lowest BCUT2D eigenvalue weighted by molar-refractivity contribution is 0.208. The molecule has 0 aliphatic carbocycles. The van der Waals surface area contributed by atoms with Crippen LogP contribution in [-0.2, 0) is 0 Å². The Balaban J connectivity index is 1.53. The molecular weight excluding hydrogens is 612 g/mol. The number of aromatic nitrogens is 4. The van der Waals surface area contributed by atoms with E-state index in [2.05, 4.69) is 76.3 Å². The van der Waals surface area contributed by atoms with E-state index in [4.69, 9.17) is 9.47 Å². The average Bonchev–Trinajstić information content (AvgIpc) is 2.94. The van der Waals surface area contributed by atoms with Gasteiger partial charge < -0.3 is 20.1 Å². The first-order valence-electron chi connectivity index (χ1n) is 12.6. The minimum absolute atomic E-state index is 0.273. The summed E-state index contributed by atoms with van der Waals surface area (Å²) in [6.07, 6.45) is 4.97. The van der Waals surface area contributed by atoms with Crippen molar-refractivity contribution in [3.8, 4) is 34.0 Å². The predicted octanol–water partition coefficient (Wildman–Crippen LogP) is 7.23. The highest BCUT2D eigenvalue weighted by atomic mass is 79.9. The zero-order chi connectivity index (χ0) is 26.7. The van der Waals surface area contributed by atoms with Crippen LogP contribution in [0.5, 0.6) is 11.8 Å². The molecule has 2 heterocycles. The number of halogens is 2. The fraction of sp³-hybridized carbons (Fsp3) is 0.286. The van der Waals surface area contributed by atoms with Crippen LogP contribution in [0.4, 0.5) is 11.6 Å².